The molecular formula is C18H14ClF3N2O4S. The molecule has 0 spiro atoms. The fourth-order valence-electron chi connectivity index (χ4n) is 2.76. The van der Waals surface area contributed by atoms with Crippen molar-refractivity contribution in [1.29, 1.82) is 0 Å². The van der Waals surface area contributed by atoms with Crippen molar-refractivity contribution in [1.82, 2.24) is 9.55 Å². The Morgan fingerprint density at radius 1 is 1.17 bits per heavy atom. The Balaban J connectivity index is 2.09. The van der Waals surface area contributed by atoms with E-state index >= 15 is 0 Å². The average molecular weight is 447 g/mol. The van der Waals surface area contributed by atoms with E-state index in [0.29, 0.717) is 0 Å². The second-order valence-corrected chi connectivity index (χ2v) is 8.74. The number of hydrogen-bond donors (Lipinski definition) is 0. The van der Waals surface area contributed by atoms with E-state index in [4.69, 9.17) is 11.6 Å². The Kier molecular flexibility index (Phi) is 5.59. The third-order valence-corrected chi connectivity index (χ3v) is 6.17. The number of sulfone groups is 1. The molecule has 0 bridgehead atoms. The van der Waals surface area contributed by atoms with Gasteiger partial charge in [-0.25, -0.2) is 13.4 Å². The number of nitrogens with zero attached hydrogens (tertiary/aromatic N) is 2. The first kappa shape index (κ1) is 21.1. The molecule has 1 aromatic heterocycles. The number of aromatic nitrogens is 2. The summed E-state index contributed by atoms with van der Waals surface area (Å²) in [6.45, 7) is 1.31. The molecule has 0 N–H and O–H groups in total. The molecule has 0 aliphatic heterocycles. The molecule has 0 unspecified atom stereocenters. The molecule has 29 heavy (non-hydrogen) atoms. The Labute approximate surface area is 168 Å². The first-order chi connectivity index (χ1) is 13.5. The van der Waals surface area contributed by atoms with Crippen LogP contribution in [0.1, 0.15) is 12.5 Å². The number of benzene rings is 2. The normalized spacial score (nSPS) is 12.3. The predicted molar refractivity (Wildman–Crippen MR) is 101 cm³/mol. The Bertz CT molecular complexity index is 1240. The standard InChI is InChI=1S/C18H14ClF3N2O4S/c1-2-29(26,27)16-6-3-12(19)7-11(16)9-24-10-23-15-5-4-13(28-18(20,21)22)8-14(15)17(24)25/h3-8,10H,2,9H2,1H3. The highest BCUT2D eigenvalue weighted by Crippen LogP contribution is 2.25. The first-order valence-corrected chi connectivity index (χ1v) is 10.3. The zero-order valence-electron chi connectivity index (χ0n) is 14.9. The van der Waals surface area contributed by atoms with Crippen molar-refractivity contribution in [2.75, 3.05) is 5.75 Å². The minimum Gasteiger partial charge on any atom is -0.406 e. The summed E-state index contributed by atoms with van der Waals surface area (Å²) in [4.78, 5) is 16.8. The molecule has 11 heteroatoms. The van der Waals surface area contributed by atoms with E-state index in [1.807, 2.05) is 0 Å². The monoisotopic (exact) mass is 446 g/mol. The lowest BCUT2D eigenvalue weighted by atomic mass is 10.2. The highest BCUT2D eigenvalue weighted by Gasteiger charge is 2.31. The maximum atomic E-state index is 12.8. The summed E-state index contributed by atoms with van der Waals surface area (Å²) in [6, 6.07) is 7.42. The second kappa shape index (κ2) is 7.68. The minimum atomic E-state index is -4.90. The van der Waals surface area contributed by atoms with Gasteiger partial charge >= 0.3 is 6.36 Å². The van der Waals surface area contributed by atoms with E-state index in [9.17, 15) is 26.4 Å². The third-order valence-electron chi connectivity index (χ3n) is 4.11. The van der Waals surface area contributed by atoms with Gasteiger partial charge in [0, 0.05) is 5.02 Å². The summed E-state index contributed by atoms with van der Waals surface area (Å²) >= 11 is 5.97. The van der Waals surface area contributed by atoms with Crippen LogP contribution in [0.2, 0.25) is 5.02 Å². The molecular weight excluding hydrogens is 433 g/mol. The van der Waals surface area contributed by atoms with Crippen LogP contribution >= 0.6 is 11.6 Å². The van der Waals surface area contributed by atoms with Crippen LogP contribution in [0.3, 0.4) is 0 Å². The van der Waals surface area contributed by atoms with Gasteiger partial charge in [0.2, 0.25) is 0 Å². The lowest BCUT2D eigenvalue weighted by Crippen LogP contribution is -2.23. The van der Waals surface area contributed by atoms with Gasteiger partial charge in [0.1, 0.15) is 5.75 Å². The van der Waals surface area contributed by atoms with Crippen molar-refractivity contribution in [2.45, 2.75) is 24.7 Å². The van der Waals surface area contributed by atoms with Gasteiger partial charge in [0.25, 0.3) is 5.56 Å². The molecule has 0 atom stereocenters. The molecule has 0 aliphatic carbocycles. The zero-order chi connectivity index (χ0) is 21.4. The topological polar surface area (TPSA) is 78.3 Å². The lowest BCUT2D eigenvalue weighted by Gasteiger charge is -2.13. The second-order valence-electron chi connectivity index (χ2n) is 6.06. The molecule has 0 saturated carbocycles. The van der Waals surface area contributed by atoms with Crippen molar-refractivity contribution >= 4 is 32.3 Å². The van der Waals surface area contributed by atoms with Crippen LogP contribution in [0.15, 0.2) is 52.4 Å². The number of alkyl halides is 3. The van der Waals surface area contributed by atoms with Crippen molar-refractivity contribution in [3.8, 4) is 5.75 Å². The highest BCUT2D eigenvalue weighted by molar-refractivity contribution is 7.91. The van der Waals surface area contributed by atoms with Crippen LogP contribution in [0.25, 0.3) is 10.9 Å². The number of halogens is 4. The molecule has 0 saturated heterocycles. The smallest absolute Gasteiger partial charge is 0.406 e. The minimum absolute atomic E-state index is 0.0190. The van der Waals surface area contributed by atoms with E-state index in [1.54, 1.807) is 0 Å². The van der Waals surface area contributed by atoms with E-state index in [1.165, 1.54) is 37.5 Å². The summed E-state index contributed by atoms with van der Waals surface area (Å²) in [5.74, 6) is -0.705. The fourth-order valence-corrected chi connectivity index (χ4v) is 4.07. The van der Waals surface area contributed by atoms with Crippen molar-refractivity contribution < 1.29 is 26.3 Å². The maximum Gasteiger partial charge on any atom is 0.573 e. The van der Waals surface area contributed by atoms with Gasteiger partial charge in [0.15, 0.2) is 9.84 Å². The number of rotatable bonds is 5. The quantitative estimate of drug-likeness (QED) is 0.596. The number of hydrogen-bond acceptors (Lipinski definition) is 5. The number of fused-ring (bicyclic) bond motifs is 1. The van der Waals surface area contributed by atoms with Crippen LogP contribution in [-0.2, 0) is 16.4 Å². The van der Waals surface area contributed by atoms with Crippen LogP contribution in [-0.4, -0.2) is 30.1 Å². The fraction of sp³-hybridized carbons (Fsp3) is 0.222. The summed E-state index contributed by atoms with van der Waals surface area (Å²) in [5.41, 5.74) is -0.207. The van der Waals surface area contributed by atoms with Gasteiger partial charge in [-0.1, -0.05) is 18.5 Å². The zero-order valence-corrected chi connectivity index (χ0v) is 16.5. The average Bonchev–Trinajstić information content (AvgIpc) is 2.63. The van der Waals surface area contributed by atoms with Crippen molar-refractivity contribution in [3.05, 3.63) is 63.7 Å². The highest BCUT2D eigenvalue weighted by atomic mass is 35.5. The number of ether oxygens (including phenoxy) is 1. The molecule has 1 heterocycles. The third kappa shape index (κ3) is 4.70. The Morgan fingerprint density at radius 2 is 1.90 bits per heavy atom. The Morgan fingerprint density at radius 3 is 2.55 bits per heavy atom. The largest absolute Gasteiger partial charge is 0.573 e. The van der Waals surface area contributed by atoms with Gasteiger partial charge in [-0.05, 0) is 42.0 Å². The van der Waals surface area contributed by atoms with Crippen LogP contribution < -0.4 is 10.3 Å². The maximum absolute atomic E-state index is 12.8. The molecule has 3 rings (SSSR count). The SMILES string of the molecule is CCS(=O)(=O)c1ccc(Cl)cc1Cn1cnc2ccc(OC(F)(F)F)cc2c1=O. The molecule has 6 nitrogen and oxygen atoms in total. The van der Waals surface area contributed by atoms with Crippen LogP contribution in [0.5, 0.6) is 5.75 Å². The van der Waals surface area contributed by atoms with Gasteiger partial charge in [0.05, 0.1) is 34.4 Å². The van der Waals surface area contributed by atoms with Gasteiger partial charge in [-0.3, -0.25) is 9.36 Å². The van der Waals surface area contributed by atoms with Crippen LogP contribution in [0.4, 0.5) is 13.2 Å². The Hall–Kier alpha value is -2.59. The summed E-state index contributed by atoms with van der Waals surface area (Å²) in [5, 5.41) is 0.175. The van der Waals surface area contributed by atoms with E-state index < -0.39 is 27.5 Å². The summed E-state index contributed by atoms with van der Waals surface area (Å²) < 4.78 is 66.9. The van der Waals surface area contributed by atoms with Gasteiger partial charge < -0.3 is 4.74 Å². The van der Waals surface area contributed by atoms with E-state index in [2.05, 4.69) is 9.72 Å². The predicted octanol–water partition coefficient (Wildman–Crippen LogP) is 3.79. The molecule has 0 amide bonds. The van der Waals surface area contributed by atoms with Crippen molar-refractivity contribution in [3.63, 3.8) is 0 Å². The van der Waals surface area contributed by atoms with Crippen molar-refractivity contribution in [2.24, 2.45) is 0 Å². The van der Waals surface area contributed by atoms with E-state index in [-0.39, 0.29) is 38.7 Å². The van der Waals surface area contributed by atoms with Crippen LogP contribution in [0, 0.1) is 0 Å². The summed E-state index contributed by atoms with van der Waals surface area (Å²) in [6.07, 6.45) is -3.71. The molecule has 0 aliphatic rings. The summed E-state index contributed by atoms with van der Waals surface area (Å²) in [7, 11) is -3.59. The molecule has 154 valence electrons. The van der Waals surface area contributed by atoms with E-state index in [0.717, 1.165) is 16.7 Å². The van der Waals surface area contributed by atoms with Gasteiger partial charge in [-0.2, -0.15) is 0 Å². The molecule has 2 aromatic carbocycles. The molecule has 0 radical (unpaired) electrons. The first-order valence-electron chi connectivity index (χ1n) is 8.26. The molecule has 3 aromatic rings. The van der Waals surface area contributed by atoms with Gasteiger partial charge in [-0.15, -0.1) is 13.2 Å². The lowest BCUT2D eigenvalue weighted by molar-refractivity contribution is -0.274. The molecule has 0 fully saturated rings.